The Labute approximate surface area is 177 Å². The molecule has 1 atom stereocenters. The Kier molecular flexibility index (Phi) is 6.38. The average molecular weight is 399 g/mol. The van der Waals surface area contributed by atoms with Gasteiger partial charge in [0.2, 0.25) is 0 Å². The van der Waals surface area contributed by atoms with E-state index >= 15 is 0 Å². The van der Waals surface area contributed by atoms with Gasteiger partial charge in [-0.25, -0.2) is 4.98 Å². The SMILES string of the molecule is CCCCc1ccc(NC(c2ccccc2)c2csc(-c3ccccc3)n2)cc1. The lowest BCUT2D eigenvalue weighted by atomic mass is 10.0. The molecule has 0 aliphatic heterocycles. The fourth-order valence-corrected chi connectivity index (χ4v) is 4.27. The molecule has 4 aromatic rings. The first kappa shape index (κ1) is 19.4. The second-order valence-corrected chi connectivity index (χ2v) is 8.09. The quantitative estimate of drug-likeness (QED) is 0.335. The van der Waals surface area contributed by atoms with Crippen molar-refractivity contribution in [2.24, 2.45) is 0 Å². The van der Waals surface area contributed by atoms with E-state index in [0.29, 0.717) is 0 Å². The molecule has 0 radical (unpaired) electrons. The van der Waals surface area contributed by atoms with Crippen molar-refractivity contribution >= 4 is 17.0 Å². The summed E-state index contributed by atoms with van der Waals surface area (Å²) in [6, 6.07) is 29.8. The number of nitrogens with one attached hydrogen (secondary N) is 1. The van der Waals surface area contributed by atoms with E-state index in [1.807, 2.05) is 6.07 Å². The number of thiazole rings is 1. The molecule has 146 valence electrons. The minimum Gasteiger partial charge on any atom is -0.373 e. The van der Waals surface area contributed by atoms with E-state index < -0.39 is 0 Å². The van der Waals surface area contributed by atoms with Gasteiger partial charge < -0.3 is 5.32 Å². The van der Waals surface area contributed by atoms with E-state index in [1.54, 1.807) is 11.3 Å². The molecule has 0 saturated carbocycles. The highest BCUT2D eigenvalue weighted by Crippen LogP contribution is 2.31. The molecule has 1 aromatic heterocycles. The Morgan fingerprint density at radius 2 is 1.55 bits per heavy atom. The second-order valence-electron chi connectivity index (χ2n) is 7.23. The lowest BCUT2D eigenvalue weighted by Gasteiger charge is -2.19. The largest absolute Gasteiger partial charge is 0.373 e. The third-order valence-corrected chi connectivity index (χ3v) is 5.96. The van der Waals surface area contributed by atoms with Crippen molar-refractivity contribution in [2.75, 3.05) is 5.32 Å². The lowest BCUT2D eigenvalue weighted by Crippen LogP contribution is -2.12. The van der Waals surface area contributed by atoms with Crippen molar-refractivity contribution in [2.45, 2.75) is 32.2 Å². The first-order valence-corrected chi connectivity index (χ1v) is 11.1. The third kappa shape index (κ3) is 4.93. The Morgan fingerprint density at radius 3 is 2.24 bits per heavy atom. The molecule has 0 fully saturated rings. The summed E-state index contributed by atoms with van der Waals surface area (Å²) in [7, 11) is 0. The van der Waals surface area contributed by atoms with E-state index in [4.69, 9.17) is 4.98 Å². The third-order valence-electron chi connectivity index (χ3n) is 5.06. The topological polar surface area (TPSA) is 24.9 Å². The summed E-state index contributed by atoms with van der Waals surface area (Å²) >= 11 is 1.70. The number of nitrogens with zero attached hydrogens (tertiary/aromatic N) is 1. The highest BCUT2D eigenvalue weighted by molar-refractivity contribution is 7.13. The molecule has 0 saturated heterocycles. The van der Waals surface area contributed by atoms with Crippen molar-refractivity contribution in [3.05, 3.63) is 107 Å². The van der Waals surface area contributed by atoms with Crippen LogP contribution in [0.25, 0.3) is 10.6 Å². The zero-order valence-electron chi connectivity index (χ0n) is 16.7. The van der Waals surface area contributed by atoms with E-state index in [9.17, 15) is 0 Å². The Hall–Kier alpha value is -2.91. The Morgan fingerprint density at radius 1 is 0.862 bits per heavy atom. The minimum atomic E-state index is 0.0198. The van der Waals surface area contributed by atoms with Crippen molar-refractivity contribution in [3.63, 3.8) is 0 Å². The summed E-state index contributed by atoms with van der Waals surface area (Å²) < 4.78 is 0. The maximum absolute atomic E-state index is 4.97. The van der Waals surface area contributed by atoms with Gasteiger partial charge in [0.25, 0.3) is 0 Å². The summed E-state index contributed by atoms with van der Waals surface area (Å²) in [5.41, 5.74) is 5.94. The van der Waals surface area contributed by atoms with Gasteiger partial charge >= 0.3 is 0 Å². The maximum Gasteiger partial charge on any atom is 0.123 e. The highest BCUT2D eigenvalue weighted by atomic mass is 32.1. The van der Waals surface area contributed by atoms with Gasteiger partial charge in [0, 0.05) is 16.6 Å². The van der Waals surface area contributed by atoms with Crippen LogP contribution < -0.4 is 5.32 Å². The number of anilines is 1. The molecular formula is C26H26N2S. The number of unbranched alkanes of at least 4 members (excludes halogenated alkanes) is 1. The molecule has 4 rings (SSSR count). The van der Waals surface area contributed by atoms with Gasteiger partial charge in [-0.1, -0.05) is 86.1 Å². The van der Waals surface area contributed by atoms with Crippen molar-refractivity contribution in [3.8, 4) is 10.6 Å². The number of aromatic nitrogens is 1. The molecule has 1 unspecified atom stereocenters. The molecular weight excluding hydrogens is 372 g/mol. The summed E-state index contributed by atoms with van der Waals surface area (Å²) in [6.07, 6.45) is 3.61. The Bertz CT molecular complexity index is 1010. The minimum absolute atomic E-state index is 0.0198. The first-order valence-electron chi connectivity index (χ1n) is 10.2. The zero-order valence-corrected chi connectivity index (χ0v) is 17.5. The number of aryl methyl sites for hydroxylation is 1. The predicted octanol–water partition coefficient (Wildman–Crippen LogP) is 7.35. The van der Waals surface area contributed by atoms with Crippen LogP contribution in [0.5, 0.6) is 0 Å². The molecule has 0 aliphatic rings. The van der Waals surface area contributed by atoms with Gasteiger partial charge in [-0.05, 0) is 36.1 Å². The van der Waals surface area contributed by atoms with Crippen LogP contribution in [0.4, 0.5) is 5.69 Å². The van der Waals surface area contributed by atoms with E-state index in [1.165, 1.54) is 24.0 Å². The zero-order chi connectivity index (χ0) is 19.9. The molecule has 2 nitrogen and oxygen atoms in total. The van der Waals surface area contributed by atoms with Crippen molar-refractivity contribution in [1.82, 2.24) is 4.98 Å². The molecule has 0 amide bonds. The monoisotopic (exact) mass is 398 g/mol. The average Bonchev–Trinajstić information content (AvgIpc) is 3.28. The van der Waals surface area contributed by atoms with Gasteiger partial charge in [-0.3, -0.25) is 0 Å². The molecule has 3 aromatic carbocycles. The van der Waals surface area contributed by atoms with Gasteiger partial charge in [-0.15, -0.1) is 11.3 Å². The van der Waals surface area contributed by atoms with Crippen LogP contribution in [0.3, 0.4) is 0 Å². The smallest absolute Gasteiger partial charge is 0.123 e. The van der Waals surface area contributed by atoms with Gasteiger partial charge in [0.15, 0.2) is 0 Å². The van der Waals surface area contributed by atoms with Crippen LogP contribution >= 0.6 is 11.3 Å². The van der Waals surface area contributed by atoms with Crippen molar-refractivity contribution in [1.29, 1.82) is 0 Å². The first-order chi connectivity index (χ1) is 14.3. The number of rotatable bonds is 8. The van der Waals surface area contributed by atoms with E-state index in [-0.39, 0.29) is 6.04 Å². The van der Waals surface area contributed by atoms with Crippen molar-refractivity contribution < 1.29 is 0 Å². The molecule has 29 heavy (non-hydrogen) atoms. The summed E-state index contributed by atoms with van der Waals surface area (Å²) in [5, 5.41) is 6.93. The van der Waals surface area contributed by atoms with Crippen LogP contribution in [-0.2, 0) is 6.42 Å². The summed E-state index contributed by atoms with van der Waals surface area (Å²) in [6.45, 7) is 2.23. The van der Waals surface area contributed by atoms with E-state index in [0.717, 1.165) is 28.4 Å². The molecule has 1 heterocycles. The summed E-state index contributed by atoms with van der Waals surface area (Å²) in [5.74, 6) is 0. The van der Waals surface area contributed by atoms with Crippen LogP contribution in [0.15, 0.2) is 90.3 Å². The van der Waals surface area contributed by atoms with E-state index in [2.05, 4.69) is 96.5 Å². The molecule has 0 aliphatic carbocycles. The number of hydrogen-bond donors (Lipinski definition) is 1. The number of benzene rings is 3. The van der Waals surface area contributed by atoms with Crippen LogP contribution in [-0.4, -0.2) is 4.98 Å². The Balaban J connectivity index is 1.60. The summed E-state index contributed by atoms with van der Waals surface area (Å²) in [4.78, 5) is 4.97. The fraction of sp³-hybridized carbons (Fsp3) is 0.192. The number of hydrogen-bond acceptors (Lipinski definition) is 3. The highest BCUT2D eigenvalue weighted by Gasteiger charge is 2.18. The second kappa shape index (κ2) is 9.53. The van der Waals surface area contributed by atoms with Gasteiger partial charge in [0.05, 0.1) is 11.7 Å². The van der Waals surface area contributed by atoms with Crippen LogP contribution in [0.2, 0.25) is 0 Å². The fourth-order valence-electron chi connectivity index (χ4n) is 3.42. The van der Waals surface area contributed by atoms with Gasteiger partial charge in [-0.2, -0.15) is 0 Å². The van der Waals surface area contributed by atoms with Crippen LogP contribution in [0.1, 0.15) is 42.6 Å². The molecule has 0 bridgehead atoms. The van der Waals surface area contributed by atoms with Crippen LogP contribution in [0, 0.1) is 0 Å². The normalized spacial score (nSPS) is 11.9. The predicted molar refractivity (Wildman–Crippen MR) is 125 cm³/mol. The molecule has 0 spiro atoms. The van der Waals surface area contributed by atoms with Gasteiger partial charge in [0.1, 0.15) is 5.01 Å². The maximum atomic E-state index is 4.97. The molecule has 1 N–H and O–H groups in total. The molecule has 3 heteroatoms. The standard InChI is InChI=1S/C26H26N2S/c1-2-3-10-20-15-17-23(18-16-20)27-25(21-11-6-4-7-12-21)24-19-29-26(28-24)22-13-8-5-9-14-22/h4-9,11-19,25,27H,2-3,10H2,1H3. The lowest BCUT2D eigenvalue weighted by molar-refractivity contribution is 0.795.